The highest BCUT2D eigenvalue weighted by atomic mass is 16.5. The standard InChI is InChI=1S/C22H34N4O2/c1-2-23-22(26-13-12-24-21(27)16-17-5-3-4-6-17)25-11-9-18-7-8-20-19(15-18)10-14-28-20/h7-8,15,17H,2-6,9-14,16H2,1H3,(H,24,27)(H2,23,25,26). The van der Waals surface area contributed by atoms with Gasteiger partial charge >= 0.3 is 0 Å². The smallest absolute Gasteiger partial charge is 0.220 e. The van der Waals surface area contributed by atoms with E-state index in [0.717, 1.165) is 44.2 Å². The van der Waals surface area contributed by atoms with Crippen LogP contribution in [-0.2, 0) is 17.6 Å². The first-order valence-corrected chi connectivity index (χ1v) is 10.8. The Balaban J connectivity index is 1.35. The van der Waals surface area contributed by atoms with Crippen molar-refractivity contribution in [3.63, 3.8) is 0 Å². The Bertz CT molecular complexity index is 669. The van der Waals surface area contributed by atoms with Crippen LogP contribution in [0.25, 0.3) is 0 Å². The predicted octanol–water partition coefficient (Wildman–Crippen LogP) is 2.42. The van der Waals surface area contributed by atoms with E-state index in [2.05, 4.69) is 46.1 Å². The number of guanidine groups is 1. The van der Waals surface area contributed by atoms with E-state index in [4.69, 9.17) is 4.74 Å². The lowest BCUT2D eigenvalue weighted by atomic mass is 10.0. The number of benzene rings is 1. The first-order chi connectivity index (χ1) is 13.7. The Labute approximate surface area is 168 Å². The van der Waals surface area contributed by atoms with E-state index in [1.807, 2.05) is 0 Å². The summed E-state index contributed by atoms with van der Waals surface area (Å²) in [6, 6.07) is 6.43. The molecule has 28 heavy (non-hydrogen) atoms. The van der Waals surface area contributed by atoms with Crippen molar-refractivity contribution < 1.29 is 9.53 Å². The van der Waals surface area contributed by atoms with Crippen LogP contribution in [0.3, 0.4) is 0 Å². The molecule has 6 heteroatoms. The maximum Gasteiger partial charge on any atom is 0.220 e. The lowest BCUT2D eigenvalue weighted by molar-refractivity contribution is -0.121. The molecule has 3 rings (SSSR count). The average Bonchev–Trinajstić information content (AvgIpc) is 3.36. The van der Waals surface area contributed by atoms with Crippen molar-refractivity contribution in [2.75, 3.05) is 32.8 Å². The Morgan fingerprint density at radius 3 is 2.82 bits per heavy atom. The molecule has 2 aliphatic rings. The fraction of sp³-hybridized carbons (Fsp3) is 0.636. The third-order valence-electron chi connectivity index (χ3n) is 5.46. The summed E-state index contributed by atoms with van der Waals surface area (Å²) in [4.78, 5) is 16.6. The summed E-state index contributed by atoms with van der Waals surface area (Å²) in [6.45, 7) is 5.70. The number of carbonyl (C=O) groups excluding carboxylic acids is 1. The highest BCUT2D eigenvalue weighted by Crippen LogP contribution is 2.27. The lowest BCUT2D eigenvalue weighted by Gasteiger charge is -2.13. The zero-order valence-electron chi connectivity index (χ0n) is 17.1. The van der Waals surface area contributed by atoms with Crippen LogP contribution in [0.4, 0.5) is 0 Å². The molecule has 1 aliphatic heterocycles. The largest absolute Gasteiger partial charge is 0.493 e. The van der Waals surface area contributed by atoms with Gasteiger partial charge < -0.3 is 20.7 Å². The summed E-state index contributed by atoms with van der Waals surface area (Å²) in [5.74, 6) is 2.60. The van der Waals surface area contributed by atoms with E-state index in [-0.39, 0.29) is 5.91 Å². The molecule has 0 spiro atoms. The Morgan fingerprint density at radius 1 is 1.18 bits per heavy atom. The highest BCUT2D eigenvalue weighted by molar-refractivity contribution is 5.80. The monoisotopic (exact) mass is 386 g/mol. The number of nitrogens with one attached hydrogen (secondary N) is 3. The minimum Gasteiger partial charge on any atom is -0.493 e. The number of aliphatic imine (C=N–C) groups is 1. The van der Waals surface area contributed by atoms with Crippen LogP contribution in [0.5, 0.6) is 5.75 Å². The Hall–Kier alpha value is -2.24. The summed E-state index contributed by atoms with van der Waals surface area (Å²) < 4.78 is 5.56. The maximum absolute atomic E-state index is 12.0. The van der Waals surface area contributed by atoms with Crippen LogP contribution in [0, 0.1) is 5.92 Å². The zero-order chi connectivity index (χ0) is 19.6. The van der Waals surface area contributed by atoms with Gasteiger partial charge in [-0.15, -0.1) is 0 Å². The molecular formula is C22H34N4O2. The number of ether oxygens (including phenoxy) is 1. The molecule has 154 valence electrons. The number of nitrogens with zero attached hydrogens (tertiary/aromatic N) is 1. The van der Waals surface area contributed by atoms with E-state index in [1.165, 1.54) is 36.8 Å². The Morgan fingerprint density at radius 2 is 2.00 bits per heavy atom. The zero-order valence-corrected chi connectivity index (χ0v) is 17.1. The number of fused-ring (bicyclic) bond motifs is 1. The van der Waals surface area contributed by atoms with E-state index in [0.29, 0.717) is 25.4 Å². The molecule has 1 fully saturated rings. The van der Waals surface area contributed by atoms with E-state index in [1.54, 1.807) is 0 Å². The number of amides is 1. The highest BCUT2D eigenvalue weighted by Gasteiger charge is 2.18. The van der Waals surface area contributed by atoms with Crippen molar-refractivity contribution in [3.05, 3.63) is 29.3 Å². The third-order valence-corrected chi connectivity index (χ3v) is 5.46. The van der Waals surface area contributed by atoms with Gasteiger partial charge in [0.2, 0.25) is 5.91 Å². The van der Waals surface area contributed by atoms with Gasteiger partial charge in [0.15, 0.2) is 5.96 Å². The van der Waals surface area contributed by atoms with Crippen LogP contribution in [0.2, 0.25) is 0 Å². The van der Waals surface area contributed by atoms with Gasteiger partial charge in [0, 0.05) is 39.0 Å². The average molecular weight is 387 g/mol. The van der Waals surface area contributed by atoms with Gasteiger partial charge in [-0.3, -0.25) is 9.79 Å². The fourth-order valence-corrected chi connectivity index (χ4v) is 3.97. The van der Waals surface area contributed by atoms with Crippen LogP contribution in [0.1, 0.15) is 50.2 Å². The summed E-state index contributed by atoms with van der Waals surface area (Å²) >= 11 is 0. The molecule has 6 nitrogen and oxygen atoms in total. The molecule has 1 saturated carbocycles. The number of hydrogen-bond donors (Lipinski definition) is 3. The molecular weight excluding hydrogens is 352 g/mol. The van der Waals surface area contributed by atoms with Crippen molar-refractivity contribution in [2.45, 2.75) is 51.9 Å². The number of carbonyl (C=O) groups is 1. The number of rotatable bonds is 9. The maximum atomic E-state index is 12.0. The Kier molecular flexibility index (Phi) is 8.00. The van der Waals surface area contributed by atoms with Crippen LogP contribution >= 0.6 is 0 Å². The van der Waals surface area contributed by atoms with Crippen molar-refractivity contribution >= 4 is 11.9 Å². The van der Waals surface area contributed by atoms with Gasteiger partial charge in [-0.2, -0.15) is 0 Å². The van der Waals surface area contributed by atoms with E-state index < -0.39 is 0 Å². The second kappa shape index (κ2) is 10.9. The quantitative estimate of drug-likeness (QED) is 0.346. The first kappa shape index (κ1) is 20.5. The second-order valence-electron chi connectivity index (χ2n) is 7.68. The van der Waals surface area contributed by atoms with E-state index in [9.17, 15) is 4.79 Å². The normalized spacial score (nSPS) is 16.5. The molecule has 0 saturated heterocycles. The molecule has 1 amide bonds. The molecule has 1 heterocycles. The third kappa shape index (κ3) is 6.43. The van der Waals surface area contributed by atoms with Crippen LogP contribution in [0.15, 0.2) is 23.2 Å². The molecule has 0 aromatic heterocycles. The summed E-state index contributed by atoms with van der Waals surface area (Å²) in [5.41, 5.74) is 2.60. The molecule has 1 aromatic rings. The van der Waals surface area contributed by atoms with E-state index >= 15 is 0 Å². The molecule has 3 N–H and O–H groups in total. The van der Waals surface area contributed by atoms with Crippen LogP contribution in [-0.4, -0.2) is 44.7 Å². The van der Waals surface area contributed by atoms with Gasteiger partial charge in [-0.05, 0) is 49.3 Å². The van der Waals surface area contributed by atoms with Crippen molar-refractivity contribution in [3.8, 4) is 5.75 Å². The molecule has 1 aromatic carbocycles. The molecule has 1 aliphatic carbocycles. The van der Waals surface area contributed by atoms with Gasteiger partial charge in [-0.25, -0.2) is 0 Å². The van der Waals surface area contributed by atoms with Crippen molar-refractivity contribution in [2.24, 2.45) is 10.9 Å². The molecule has 0 bridgehead atoms. The first-order valence-electron chi connectivity index (χ1n) is 10.8. The topological polar surface area (TPSA) is 74.8 Å². The summed E-state index contributed by atoms with van der Waals surface area (Å²) in [6.07, 6.45) is 7.56. The lowest BCUT2D eigenvalue weighted by Crippen LogP contribution is -2.41. The predicted molar refractivity (Wildman–Crippen MR) is 113 cm³/mol. The van der Waals surface area contributed by atoms with Gasteiger partial charge in [0.25, 0.3) is 0 Å². The van der Waals surface area contributed by atoms with Gasteiger partial charge in [0.05, 0.1) is 6.61 Å². The fourth-order valence-electron chi connectivity index (χ4n) is 3.97. The van der Waals surface area contributed by atoms with Crippen LogP contribution < -0.4 is 20.7 Å². The summed E-state index contributed by atoms with van der Waals surface area (Å²) in [5, 5.41) is 9.58. The molecule has 0 unspecified atom stereocenters. The number of hydrogen-bond acceptors (Lipinski definition) is 3. The minimum atomic E-state index is 0.177. The SMILES string of the molecule is CCNC(=NCCc1ccc2c(c1)CCO2)NCCNC(=O)CC1CCCC1. The summed E-state index contributed by atoms with van der Waals surface area (Å²) in [7, 11) is 0. The van der Waals surface area contributed by atoms with Gasteiger partial charge in [0.1, 0.15) is 5.75 Å². The van der Waals surface area contributed by atoms with Crippen molar-refractivity contribution in [1.82, 2.24) is 16.0 Å². The second-order valence-corrected chi connectivity index (χ2v) is 7.68. The minimum absolute atomic E-state index is 0.177. The van der Waals surface area contributed by atoms with Crippen molar-refractivity contribution in [1.29, 1.82) is 0 Å². The molecule has 0 radical (unpaired) electrons. The molecule has 0 atom stereocenters. The van der Waals surface area contributed by atoms with Gasteiger partial charge in [-0.1, -0.05) is 25.0 Å².